The Morgan fingerprint density at radius 2 is 2.21 bits per heavy atom. The zero-order valence-electron chi connectivity index (χ0n) is 8.53. The smallest absolute Gasteiger partial charge is 0.148 e. The van der Waals surface area contributed by atoms with E-state index in [9.17, 15) is 8.42 Å². The molecule has 5 heteroatoms. The van der Waals surface area contributed by atoms with Crippen molar-refractivity contribution in [1.29, 1.82) is 0 Å². The van der Waals surface area contributed by atoms with Gasteiger partial charge in [0.05, 0.1) is 5.75 Å². The predicted molar refractivity (Wildman–Crippen MR) is 56.8 cm³/mol. The van der Waals surface area contributed by atoms with Crippen LogP contribution < -0.4 is 5.32 Å². The van der Waals surface area contributed by atoms with Gasteiger partial charge in [0, 0.05) is 38.8 Å². The third-order valence-electron chi connectivity index (χ3n) is 1.87. The molecule has 0 bridgehead atoms. The van der Waals surface area contributed by atoms with Crippen molar-refractivity contribution in [2.45, 2.75) is 6.54 Å². The molecule has 1 N–H and O–H groups in total. The standard InChI is InChI=1S/C9H16N2O2S/c1-11-5-3-9(8-11)7-10-4-6-14(2,12)13/h3,5,8,10H,4,6-7H2,1-2H3. The predicted octanol–water partition coefficient (Wildman–Crippen LogP) is 0.159. The van der Waals surface area contributed by atoms with Gasteiger partial charge in [-0.1, -0.05) is 0 Å². The third-order valence-corrected chi connectivity index (χ3v) is 2.82. The van der Waals surface area contributed by atoms with Gasteiger partial charge in [-0.3, -0.25) is 0 Å². The van der Waals surface area contributed by atoms with Crippen LogP contribution in [0.2, 0.25) is 0 Å². The molecule has 1 aromatic heterocycles. The number of sulfone groups is 1. The van der Waals surface area contributed by atoms with Gasteiger partial charge >= 0.3 is 0 Å². The van der Waals surface area contributed by atoms with Crippen LogP contribution >= 0.6 is 0 Å². The number of nitrogens with zero attached hydrogens (tertiary/aromatic N) is 1. The first-order chi connectivity index (χ1) is 6.47. The number of nitrogens with one attached hydrogen (secondary N) is 1. The zero-order valence-corrected chi connectivity index (χ0v) is 9.34. The number of rotatable bonds is 5. The minimum Gasteiger partial charge on any atom is -0.357 e. The highest BCUT2D eigenvalue weighted by atomic mass is 32.2. The molecule has 14 heavy (non-hydrogen) atoms. The number of aryl methyl sites for hydroxylation is 1. The van der Waals surface area contributed by atoms with Crippen LogP contribution in [0.3, 0.4) is 0 Å². The maximum atomic E-state index is 10.8. The van der Waals surface area contributed by atoms with Crippen molar-refractivity contribution in [1.82, 2.24) is 9.88 Å². The molecule has 0 fully saturated rings. The second-order valence-corrected chi connectivity index (χ2v) is 5.75. The molecule has 0 aromatic carbocycles. The van der Waals surface area contributed by atoms with Crippen LogP contribution in [0.5, 0.6) is 0 Å². The van der Waals surface area contributed by atoms with E-state index in [0.29, 0.717) is 6.54 Å². The first-order valence-electron chi connectivity index (χ1n) is 4.47. The minimum absolute atomic E-state index is 0.194. The van der Waals surface area contributed by atoms with Crippen molar-refractivity contribution in [2.24, 2.45) is 7.05 Å². The van der Waals surface area contributed by atoms with E-state index in [0.717, 1.165) is 6.54 Å². The van der Waals surface area contributed by atoms with Crippen molar-refractivity contribution in [3.63, 3.8) is 0 Å². The summed E-state index contributed by atoms with van der Waals surface area (Å²) in [4.78, 5) is 0. The lowest BCUT2D eigenvalue weighted by Gasteiger charge is -2.01. The van der Waals surface area contributed by atoms with Gasteiger partial charge < -0.3 is 9.88 Å². The summed E-state index contributed by atoms with van der Waals surface area (Å²) in [6.07, 6.45) is 5.22. The summed E-state index contributed by atoms with van der Waals surface area (Å²) in [5.41, 5.74) is 1.17. The van der Waals surface area contributed by atoms with Gasteiger partial charge in [0.25, 0.3) is 0 Å². The van der Waals surface area contributed by atoms with Crippen LogP contribution in [-0.4, -0.2) is 31.5 Å². The summed E-state index contributed by atoms with van der Waals surface area (Å²) >= 11 is 0. The van der Waals surface area contributed by atoms with Crippen LogP contribution in [0.15, 0.2) is 18.5 Å². The third kappa shape index (κ3) is 4.43. The molecule has 0 aliphatic heterocycles. The first kappa shape index (κ1) is 11.3. The largest absolute Gasteiger partial charge is 0.357 e. The van der Waals surface area contributed by atoms with Gasteiger partial charge in [-0.15, -0.1) is 0 Å². The molecule has 0 amide bonds. The maximum Gasteiger partial charge on any atom is 0.148 e. The average Bonchev–Trinajstić information content (AvgIpc) is 2.44. The SMILES string of the molecule is Cn1ccc(CNCCS(C)(=O)=O)c1. The highest BCUT2D eigenvalue weighted by Gasteiger charge is 2.00. The highest BCUT2D eigenvalue weighted by molar-refractivity contribution is 7.90. The second kappa shape index (κ2) is 4.61. The summed E-state index contributed by atoms with van der Waals surface area (Å²) in [7, 11) is -0.883. The van der Waals surface area contributed by atoms with Gasteiger partial charge in [-0.2, -0.15) is 0 Å². The zero-order chi connectivity index (χ0) is 10.6. The van der Waals surface area contributed by atoms with E-state index in [1.54, 1.807) is 0 Å². The maximum absolute atomic E-state index is 10.8. The lowest BCUT2D eigenvalue weighted by Crippen LogP contribution is -2.21. The molecule has 0 atom stereocenters. The molecule has 0 saturated heterocycles. The molecule has 1 heterocycles. The lowest BCUT2D eigenvalue weighted by molar-refractivity contribution is 0.596. The van der Waals surface area contributed by atoms with E-state index in [1.807, 2.05) is 30.1 Å². The topological polar surface area (TPSA) is 51.1 Å². The molecule has 0 unspecified atom stereocenters. The summed E-state index contributed by atoms with van der Waals surface area (Å²) < 4.78 is 23.6. The molecule has 80 valence electrons. The van der Waals surface area contributed by atoms with E-state index in [2.05, 4.69) is 5.32 Å². The molecule has 0 aliphatic rings. The molecular weight excluding hydrogens is 200 g/mol. The highest BCUT2D eigenvalue weighted by Crippen LogP contribution is 1.97. The molecule has 0 saturated carbocycles. The molecule has 0 radical (unpaired) electrons. The van der Waals surface area contributed by atoms with Crippen LogP contribution in [0.1, 0.15) is 5.56 Å². The summed E-state index contributed by atoms with van der Waals surface area (Å²) in [5.74, 6) is 0.194. The van der Waals surface area contributed by atoms with Gasteiger partial charge in [-0.25, -0.2) is 8.42 Å². The summed E-state index contributed by atoms with van der Waals surface area (Å²) in [6, 6.07) is 2.01. The molecule has 1 aromatic rings. The Hall–Kier alpha value is -0.810. The van der Waals surface area contributed by atoms with Crippen molar-refractivity contribution in [3.05, 3.63) is 24.0 Å². The second-order valence-electron chi connectivity index (χ2n) is 3.49. The van der Waals surface area contributed by atoms with Gasteiger partial charge in [0.2, 0.25) is 0 Å². The van der Waals surface area contributed by atoms with E-state index < -0.39 is 9.84 Å². The van der Waals surface area contributed by atoms with Gasteiger partial charge in [0.15, 0.2) is 0 Å². The van der Waals surface area contributed by atoms with Crippen LogP contribution in [0.4, 0.5) is 0 Å². The van der Waals surface area contributed by atoms with E-state index in [-0.39, 0.29) is 5.75 Å². The number of hydrogen-bond acceptors (Lipinski definition) is 3. The molecular formula is C9H16N2O2S. The summed E-state index contributed by atoms with van der Waals surface area (Å²) in [6.45, 7) is 1.23. The Morgan fingerprint density at radius 1 is 1.50 bits per heavy atom. The molecule has 4 nitrogen and oxygen atoms in total. The molecule has 0 aliphatic carbocycles. The van der Waals surface area contributed by atoms with Crippen LogP contribution in [-0.2, 0) is 23.4 Å². The number of hydrogen-bond donors (Lipinski definition) is 1. The monoisotopic (exact) mass is 216 g/mol. The Bertz CT molecular complexity index is 381. The van der Waals surface area contributed by atoms with Crippen molar-refractivity contribution in [2.75, 3.05) is 18.6 Å². The fourth-order valence-corrected chi connectivity index (χ4v) is 1.67. The molecule has 0 spiro atoms. The quantitative estimate of drug-likeness (QED) is 0.713. The lowest BCUT2D eigenvalue weighted by atomic mass is 10.3. The van der Waals surface area contributed by atoms with E-state index >= 15 is 0 Å². The van der Waals surface area contributed by atoms with Crippen molar-refractivity contribution < 1.29 is 8.42 Å². The summed E-state index contributed by atoms with van der Waals surface area (Å²) in [5, 5.41) is 3.08. The van der Waals surface area contributed by atoms with Crippen LogP contribution in [0.25, 0.3) is 0 Å². The Balaban J connectivity index is 2.23. The van der Waals surface area contributed by atoms with Gasteiger partial charge in [0.1, 0.15) is 9.84 Å². The Kier molecular flexibility index (Phi) is 3.71. The first-order valence-corrected chi connectivity index (χ1v) is 6.53. The van der Waals surface area contributed by atoms with Crippen LogP contribution in [0, 0.1) is 0 Å². The minimum atomic E-state index is -2.84. The Morgan fingerprint density at radius 3 is 2.71 bits per heavy atom. The number of aromatic nitrogens is 1. The fraction of sp³-hybridized carbons (Fsp3) is 0.556. The van der Waals surface area contributed by atoms with Gasteiger partial charge in [-0.05, 0) is 11.6 Å². The fourth-order valence-electron chi connectivity index (χ4n) is 1.16. The average molecular weight is 216 g/mol. The van der Waals surface area contributed by atoms with Crippen molar-refractivity contribution in [3.8, 4) is 0 Å². The van der Waals surface area contributed by atoms with E-state index in [4.69, 9.17) is 0 Å². The Labute approximate surface area is 84.9 Å². The molecule has 1 rings (SSSR count). The normalized spacial score (nSPS) is 11.9. The van der Waals surface area contributed by atoms with Crippen molar-refractivity contribution >= 4 is 9.84 Å². The van der Waals surface area contributed by atoms with E-state index in [1.165, 1.54) is 11.8 Å².